The Morgan fingerprint density at radius 1 is 1.33 bits per heavy atom. The second-order valence-corrected chi connectivity index (χ2v) is 6.53. The van der Waals surface area contributed by atoms with Crippen molar-refractivity contribution in [2.24, 2.45) is 0 Å². The summed E-state index contributed by atoms with van der Waals surface area (Å²) in [7, 11) is 0. The van der Waals surface area contributed by atoms with Crippen LogP contribution in [-0.2, 0) is 18.5 Å². The quantitative estimate of drug-likeness (QED) is 0.923. The van der Waals surface area contributed by atoms with E-state index in [1.807, 2.05) is 19.2 Å². The Hall–Kier alpha value is -1.20. The molecule has 2 heterocycles. The molecule has 0 aliphatic rings. The monoisotopic (exact) mass is 265 g/mol. The van der Waals surface area contributed by atoms with Gasteiger partial charge in [-0.05, 0) is 6.92 Å². The highest BCUT2D eigenvalue weighted by atomic mass is 32.1. The van der Waals surface area contributed by atoms with Gasteiger partial charge in [-0.2, -0.15) is 0 Å². The molecule has 0 spiro atoms. The summed E-state index contributed by atoms with van der Waals surface area (Å²) in [6, 6.07) is 1.94. The summed E-state index contributed by atoms with van der Waals surface area (Å²) >= 11 is 1.76. The molecule has 4 nitrogen and oxygen atoms in total. The second kappa shape index (κ2) is 5.20. The molecule has 0 amide bonds. The third kappa shape index (κ3) is 3.40. The summed E-state index contributed by atoms with van der Waals surface area (Å²) < 4.78 is 5.02. The summed E-state index contributed by atoms with van der Waals surface area (Å²) in [6.45, 7) is 9.98. The lowest BCUT2D eigenvalue weighted by Crippen LogP contribution is -2.12. The van der Waals surface area contributed by atoms with E-state index in [0.29, 0.717) is 0 Å². The van der Waals surface area contributed by atoms with Crippen molar-refractivity contribution in [1.82, 2.24) is 15.5 Å². The molecule has 2 rings (SSSR count). The topological polar surface area (TPSA) is 51.0 Å². The first kappa shape index (κ1) is 13.2. The van der Waals surface area contributed by atoms with Crippen LogP contribution < -0.4 is 5.32 Å². The molecule has 0 bridgehead atoms. The molecule has 0 atom stereocenters. The Kier molecular flexibility index (Phi) is 3.82. The Balaban J connectivity index is 1.85. The Labute approximate surface area is 111 Å². The van der Waals surface area contributed by atoms with Crippen LogP contribution in [0.4, 0.5) is 0 Å². The predicted molar refractivity (Wildman–Crippen MR) is 72.6 cm³/mol. The van der Waals surface area contributed by atoms with E-state index in [1.54, 1.807) is 11.3 Å². The van der Waals surface area contributed by atoms with E-state index in [1.165, 1.54) is 9.88 Å². The zero-order valence-corrected chi connectivity index (χ0v) is 12.1. The molecule has 2 aromatic heterocycles. The fourth-order valence-electron chi connectivity index (χ4n) is 1.55. The predicted octanol–water partition coefficient (Wildman–Crippen LogP) is 3.03. The molecule has 98 valence electrons. The van der Waals surface area contributed by atoms with Gasteiger partial charge < -0.3 is 9.84 Å². The van der Waals surface area contributed by atoms with Crippen molar-refractivity contribution < 1.29 is 4.52 Å². The highest BCUT2D eigenvalue weighted by Crippen LogP contribution is 2.26. The molecule has 0 saturated heterocycles. The van der Waals surface area contributed by atoms with Gasteiger partial charge in [0, 0.05) is 35.6 Å². The first-order valence-corrected chi connectivity index (χ1v) is 6.85. The van der Waals surface area contributed by atoms with Crippen LogP contribution in [0.3, 0.4) is 0 Å². The summed E-state index contributed by atoms with van der Waals surface area (Å²) in [5, 5.41) is 8.46. The van der Waals surface area contributed by atoms with Gasteiger partial charge >= 0.3 is 0 Å². The zero-order valence-electron chi connectivity index (χ0n) is 11.3. The number of aromatic nitrogens is 2. The maximum absolute atomic E-state index is 5.02. The minimum Gasteiger partial charge on any atom is -0.361 e. The molecule has 0 unspecified atom stereocenters. The molecular formula is C13H19N3OS. The SMILES string of the molecule is Cc1cc(CNCc2cnc(C(C)(C)C)s2)no1. The molecule has 0 saturated carbocycles. The first-order valence-electron chi connectivity index (χ1n) is 6.03. The molecule has 0 aliphatic heterocycles. The summed E-state index contributed by atoms with van der Waals surface area (Å²) in [4.78, 5) is 5.71. The second-order valence-electron chi connectivity index (χ2n) is 5.41. The summed E-state index contributed by atoms with van der Waals surface area (Å²) in [5.74, 6) is 0.847. The van der Waals surface area contributed by atoms with Crippen LogP contribution in [0.1, 0.15) is 42.1 Å². The minimum atomic E-state index is 0.131. The Bertz CT molecular complexity index is 510. The van der Waals surface area contributed by atoms with Gasteiger partial charge in [-0.1, -0.05) is 25.9 Å². The van der Waals surface area contributed by atoms with E-state index in [-0.39, 0.29) is 5.41 Å². The lowest BCUT2D eigenvalue weighted by Gasteiger charge is -2.13. The third-order valence-corrected chi connectivity index (χ3v) is 3.90. The molecule has 1 N–H and O–H groups in total. The highest BCUT2D eigenvalue weighted by molar-refractivity contribution is 7.11. The number of hydrogen-bond acceptors (Lipinski definition) is 5. The Morgan fingerprint density at radius 3 is 2.67 bits per heavy atom. The number of nitrogens with zero attached hydrogens (tertiary/aromatic N) is 2. The largest absolute Gasteiger partial charge is 0.361 e. The normalized spacial score (nSPS) is 12.0. The average molecular weight is 265 g/mol. The van der Waals surface area contributed by atoms with Gasteiger partial charge in [0.05, 0.1) is 10.7 Å². The number of nitrogens with one attached hydrogen (secondary N) is 1. The van der Waals surface area contributed by atoms with Crippen molar-refractivity contribution in [3.63, 3.8) is 0 Å². The fourth-order valence-corrected chi connectivity index (χ4v) is 2.49. The van der Waals surface area contributed by atoms with E-state index >= 15 is 0 Å². The van der Waals surface area contributed by atoms with Gasteiger partial charge in [0.1, 0.15) is 5.76 Å². The van der Waals surface area contributed by atoms with Crippen molar-refractivity contribution in [3.05, 3.63) is 33.6 Å². The minimum absolute atomic E-state index is 0.131. The Morgan fingerprint density at radius 2 is 2.11 bits per heavy atom. The molecular weight excluding hydrogens is 246 g/mol. The van der Waals surface area contributed by atoms with Crippen molar-refractivity contribution >= 4 is 11.3 Å². The van der Waals surface area contributed by atoms with Crippen LogP contribution in [0.5, 0.6) is 0 Å². The standard InChI is InChI=1S/C13H19N3OS/c1-9-5-10(16-17-9)6-14-7-11-8-15-12(18-11)13(2,3)4/h5,8,14H,6-7H2,1-4H3. The van der Waals surface area contributed by atoms with Crippen LogP contribution >= 0.6 is 11.3 Å². The van der Waals surface area contributed by atoms with Crippen LogP contribution in [0.2, 0.25) is 0 Å². The number of thiazole rings is 1. The van der Waals surface area contributed by atoms with Crippen molar-refractivity contribution in [2.45, 2.75) is 46.2 Å². The number of rotatable bonds is 4. The molecule has 0 fully saturated rings. The van der Waals surface area contributed by atoms with Gasteiger partial charge in [0.25, 0.3) is 0 Å². The maximum Gasteiger partial charge on any atom is 0.133 e. The van der Waals surface area contributed by atoms with Gasteiger partial charge in [-0.15, -0.1) is 11.3 Å². The van der Waals surface area contributed by atoms with Crippen LogP contribution in [-0.4, -0.2) is 10.1 Å². The van der Waals surface area contributed by atoms with Crippen LogP contribution in [0.25, 0.3) is 0 Å². The van der Waals surface area contributed by atoms with Gasteiger partial charge in [0.2, 0.25) is 0 Å². The van der Waals surface area contributed by atoms with Crippen molar-refractivity contribution in [3.8, 4) is 0 Å². The van der Waals surface area contributed by atoms with Gasteiger partial charge in [-0.3, -0.25) is 0 Å². The van der Waals surface area contributed by atoms with Crippen LogP contribution in [0.15, 0.2) is 16.8 Å². The number of hydrogen-bond donors (Lipinski definition) is 1. The lowest BCUT2D eigenvalue weighted by atomic mass is 9.98. The van der Waals surface area contributed by atoms with E-state index in [4.69, 9.17) is 4.52 Å². The van der Waals surface area contributed by atoms with Crippen molar-refractivity contribution in [1.29, 1.82) is 0 Å². The molecule has 18 heavy (non-hydrogen) atoms. The third-order valence-electron chi connectivity index (χ3n) is 2.48. The van der Waals surface area contributed by atoms with Gasteiger partial charge in [-0.25, -0.2) is 4.98 Å². The van der Waals surface area contributed by atoms with E-state index in [2.05, 4.69) is 36.2 Å². The van der Waals surface area contributed by atoms with E-state index in [0.717, 1.165) is 24.5 Å². The smallest absolute Gasteiger partial charge is 0.133 e. The molecule has 2 aromatic rings. The highest BCUT2D eigenvalue weighted by Gasteiger charge is 2.17. The molecule has 5 heteroatoms. The lowest BCUT2D eigenvalue weighted by molar-refractivity contribution is 0.388. The molecule has 0 aliphatic carbocycles. The average Bonchev–Trinajstić information content (AvgIpc) is 2.87. The first-order chi connectivity index (χ1) is 8.45. The summed E-state index contributed by atoms with van der Waals surface area (Å²) in [6.07, 6.45) is 1.95. The number of aryl methyl sites for hydroxylation is 1. The van der Waals surface area contributed by atoms with Crippen LogP contribution in [0, 0.1) is 6.92 Å². The summed E-state index contributed by atoms with van der Waals surface area (Å²) in [5.41, 5.74) is 1.07. The maximum atomic E-state index is 5.02. The fraction of sp³-hybridized carbons (Fsp3) is 0.538. The zero-order chi connectivity index (χ0) is 13.2. The van der Waals surface area contributed by atoms with Gasteiger partial charge in [0.15, 0.2) is 0 Å². The van der Waals surface area contributed by atoms with E-state index in [9.17, 15) is 0 Å². The van der Waals surface area contributed by atoms with E-state index < -0.39 is 0 Å². The van der Waals surface area contributed by atoms with Crippen molar-refractivity contribution in [2.75, 3.05) is 0 Å². The molecule has 0 radical (unpaired) electrons. The molecule has 0 aromatic carbocycles.